The van der Waals surface area contributed by atoms with Gasteiger partial charge in [-0.05, 0) is 54.1 Å². The Morgan fingerprint density at radius 2 is 2.12 bits per heavy atom. The quantitative estimate of drug-likeness (QED) is 0.364. The van der Waals surface area contributed by atoms with Gasteiger partial charge in [-0.1, -0.05) is 29.8 Å². The minimum atomic E-state index is -0.108. The number of thioether (sulfide) groups is 1. The van der Waals surface area contributed by atoms with Crippen molar-refractivity contribution in [2.24, 2.45) is 4.99 Å². The van der Waals surface area contributed by atoms with Crippen LogP contribution in [0.3, 0.4) is 0 Å². The van der Waals surface area contributed by atoms with E-state index >= 15 is 0 Å². The van der Waals surface area contributed by atoms with Crippen molar-refractivity contribution in [3.63, 3.8) is 0 Å². The summed E-state index contributed by atoms with van der Waals surface area (Å²) in [5, 5.41) is 0.842. The first-order valence-electron chi connectivity index (χ1n) is 7.88. The van der Waals surface area contributed by atoms with Crippen molar-refractivity contribution >= 4 is 51.4 Å². The molecular weight excluding hydrogens is 368 g/mol. The second-order valence-corrected chi connectivity index (χ2v) is 6.93. The molecular formula is C19H17ClN4OS. The fourth-order valence-electron chi connectivity index (χ4n) is 2.44. The number of amides is 1. The third kappa shape index (κ3) is 3.66. The highest BCUT2D eigenvalue weighted by atomic mass is 35.5. The summed E-state index contributed by atoms with van der Waals surface area (Å²) in [5.74, 6) is -0.108. The van der Waals surface area contributed by atoms with Crippen LogP contribution in [0, 0.1) is 0 Å². The zero-order valence-corrected chi connectivity index (χ0v) is 15.7. The van der Waals surface area contributed by atoms with E-state index in [1.54, 1.807) is 29.3 Å². The molecule has 2 N–H and O–H groups in total. The lowest BCUT2D eigenvalue weighted by molar-refractivity contribution is -0.121. The normalized spacial score (nSPS) is 17.7. The zero-order chi connectivity index (χ0) is 18.7. The van der Waals surface area contributed by atoms with E-state index in [1.807, 2.05) is 31.2 Å². The van der Waals surface area contributed by atoms with Crippen molar-refractivity contribution in [3.05, 3.63) is 70.9 Å². The Hall–Kier alpha value is -2.57. The first-order valence-corrected chi connectivity index (χ1v) is 9.07. The number of allylic oxidation sites excluding steroid dienone is 1. The van der Waals surface area contributed by atoms with Crippen LogP contribution in [0.2, 0.25) is 5.15 Å². The van der Waals surface area contributed by atoms with Crippen LogP contribution in [0.4, 0.5) is 11.4 Å². The molecule has 1 amide bonds. The van der Waals surface area contributed by atoms with Gasteiger partial charge in [0.05, 0.1) is 4.91 Å². The highest BCUT2D eigenvalue weighted by molar-refractivity contribution is 8.18. The van der Waals surface area contributed by atoms with Crippen molar-refractivity contribution in [1.29, 1.82) is 0 Å². The second-order valence-electron chi connectivity index (χ2n) is 5.59. The molecule has 1 aromatic carbocycles. The number of anilines is 1. The number of nitrogens with zero attached hydrogens (tertiary/aromatic N) is 3. The SMILES string of the molecule is C=CCN1C(=O)/C(=C(\C)c2ccc(N)cc2)SC1=Nc1cccnc1Cl. The molecule has 5 nitrogen and oxygen atoms in total. The molecule has 0 unspecified atom stereocenters. The minimum Gasteiger partial charge on any atom is -0.399 e. The highest BCUT2D eigenvalue weighted by Crippen LogP contribution is 2.38. The monoisotopic (exact) mass is 384 g/mol. The number of amidine groups is 1. The Kier molecular flexibility index (Phi) is 5.44. The van der Waals surface area contributed by atoms with Crippen LogP contribution in [0.25, 0.3) is 5.57 Å². The summed E-state index contributed by atoms with van der Waals surface area (Å²) in [5.41, 5.74) is 8.76. The number of carbonyl (C=O) groups excluding carboxylic acids is 1. The number of halogens is 1. The number of pyridine rings is 1. The van der Waals surface area contributed by atoms with Crippen molar-refractivity contribution in [2.75, 3.05) is 12.3 Å². The van der Waals surface area contributed by atoms with Crippen molar-refractivity contribution in [1.82, 2.24) is 9.88 Å². The molecule has 1 aliphatic heterocycles. The maximum atomic E-state index is 12.9. The Bertz CT molecular complexity index is 921. The van der Waals surface area contributed by atoms with Gasteiger partial charge in [0.1, 0.15) is 5.69 Å². The second kappa shape index (κ2) is 7.76. The molecule has 0 aliphatic carbocycles. The predicted molar refractivity (Wildman–Crippen MR) is 109 cm³/mol. The standard InChI is InChI=1S/C19H17ClN4OS/c1-3-11-24-18(25)16(12(2)13-6-8-14(21)9-7-13)26-19(24)23-15-5-4-10-22-17(15)20/h3-10H,1,11,21H2,2H3/b16-12-,23-19?. The number of hydrogen-bond donors (Lipinski definition) is 1. The summed E-state index contributed by atoms with van der Waals surface area (Å²) >= 11 is 7.42. The number of rotatable bonds is 4. The van der Waals surface area contributed by atoms with E-state index in [1.165, 1.54) is 11.8 Å². The van der Waals surface area contributed by atoms with Gasteiger partial charge in [-0.25, -0.2) is 9.98 Å². The molecule has 0 spiro atoms. The van der Waals surface area contributed by atoms with Crippen LogP contribution in [0.15, 0.2) is 65.1 Å². The molecule has 1 aromatic heterocycles. The third-order valence-electron chi connectivity index (χ3n) is 3.82. The van der Waals surface area contributed by atoms with Gasteiger partial charge in [0.25, 0.3) is 5.91 Å². The summed E-state index contributed by atoms with van der Waals surface area (Å²) in [7, 11) is 0. The molecule has 1 aliphatic rings. The zero-order valence-electron chi connectivity index (χ0n) is 14.1. The first-order chi connectivity index (χ1) is 12.5. The van der Waals surface area contributed by atoms with E-state index in [4.69, 9.17) is 17.3 Å². The average molecular weight is 385 g/mol. The molecule has 0 radical (unpaired) electrons. The largest absolute Gasteiger partial charge is 0.399 e. The summed E-state index contributed by atoms with van der Waals surface area (Å²) in [6.07, 6.45) is 3.26. The highest BCUT2D eigenvalue weighted by Gasteiger charge is 2.34. The fourth-order valence-corrected chi connectivity index (χ4v) is 3.66. The Labute approximate surface area is 161 Å². The maximum Gasteiger partial charge on any atom is 0.267 e. The maximum absolute atomic E-state index is 12.9. The average Bonchev–Trinajstić information content (AvgIpc) is 2.94. The lowest BCUT2D eigenvalue weighted by Gasteiger charge is -2.12. The van der Waals surface area contributed by atoms with Gasteiger partial charge < -0.3 is 5.73 Å². The van der Waals surface area contributed by atoms with Gasteiger partial charge in [-0.3, -0.25) is 9.69 Å². The smallest absolute Gasteiger partial charge is 0.267 e. The topological polar surface area (TPSA) is 71.6 Å². The van der Waals surface area contributed by atoms with E-state index in [9.17, 15) is 4.79 Å². The van der Waals surface area contributed by atoms with Crippen LogP contribution >= 0.6 is 23.4 Å². The number of nitrogens with two attached hydrogens (primary N) is 1. The predicted octanol–water partition coefficient (Wildman–Crippen LogP) is 4.50. The van der Waals surface area contributed by atoms with E-state index in [0.717, 1.165) is 11.1 Å². The Balaban J connectivity index is 2.03. The molecule has 1 fully saturated rings. The minimum absolute atomic E-state index is 0.108. The van der Waals surface area contributed by atoms with Crippen molar-refractivity contribution in [2.45, 2.75) is 6.92 Å². The molecule has 26 heavy (non-hydrogen) atoms. The van der Waals surface area contributed by atoms with Gasteiger partial charge in [-0.2, -0.15) is 0 Å². The summed E-state index contributed by atoms with van der Waals surface area (Å²) in [4.78, 5) is 23.7. The van der Waals surface area contributed by atoms with Gasteiger partial charge in [0.15, 0.2) is 10.3 Å². The molecule has 7 heteroatoms. The summed E-state index contributed by atoms with van der Waals surface area (Å²) in [6.45, 7) is 6.01. The van der Waals surface area contributed by atoms with Crippen LogP contribution < -0.4 is 5.73 Å². The lowest BCUT2D eigenvalue weighted by Crippen LogP contribution is -2.29. The number of aliphatic imine (C=N–C) groups is 1. The van der Waals surface area contributed by atoms with E-state index in [2.05, 4.69) is 16.6 Å². The van der Waals surface area contributed by atoms with Gasteiger partial charge in [0.2, 0.25) is 0 Å². The number of hydrogen-bond acceptors (Lipinski definition) is 5. The molecule has 132 valence electrons. The van der Waals surface area contributed by atoms with Crippen LogP contribution in [0.1, 0.15) is 12.5 Å². The molecule has 1 saturated heterocycles. The van der Waals surface area contributed by atoms with E-state index in [0.29, 0.717) is 33.1 Å². The van der Waals surface area contributed by atoms with E-state index in [-0.39, 0.29) is 5.91 Å². The number of nitrogen functional groups attached to an aromatic ring is 1. The molecule has 2 aromatic rings. The summed E-state index contributed by atoms with van der Waals surface area (Å²) < 4.78 is 0. The van der Waals surface area contributed by atoms with Gasteiger partial charge >= 0.3 is 0 Å². The summed E-state index contributed by atoms with van der Waals surface area (Å²) in [6, 6.07) is 10.9. The van der Waals surface area contributed by atoms with Crippen LogP contribution in [-0.2, 0) is 4.79 Å². The first kappa shape index (κ1) is 18.2. The number of aromatic nitrogens is 1. The Morgan fingerprint density at radius 1 is 1.38 bits per heavy atom. The van der Waals surface area contributed by atoms with Crippen LogP contribution in [-0.4, -0.2) is 27.5 Å². The lowest BCUT2D eigenvalue weighted by atomic mass is 10.1. The fraction of sp³-hybridized carbons (Fsp3) is 0.105. The van der Waals surface area contributed by atoms with Gasteiger partial charge in [-0.15, -0.1) is 6.58 Å². The third-order valence-corrected chi connectivity index (χ3v) is 5.29. The number of benzene rings is 1. The van der Waals surface area contributed by atoms with Crippen molar-refractivity contribution in [3.8, 4) is 0 Å². The van der Waals surface area contributed by atoms with E-state index < -0.39 is 0 Å². The van der Waals surface area contributed by atoms with Gasteiger partial charge in [0, 0.05) is 18.4 Å². The molecule has 0 atom stereocenters. The van der Waals surface area contributed by atoms with Crippen molar-refractivity contribution < 1.29 is 4.79 Å². The molecule has 2 heterocycles. The molecule has 0 saturated carbocycles. The molecule has 3 rings (SSSR count). The number of carbonyl (C=O) groups is 1. The Morgan fingerprint density at radius 3 is 2.77 bits per heavy atom. The molecule has 0 bridgehead atoms. The van der Waals surface area contributed by atoms with Crippen LogP contribution in [0.5, 0.6) is 0 Å².